The molecule has 3 aromatic rings. The number of hydrogen-bond acceptors (Lipinski definition) is 10. The van der Waals surface area contributed by atoms with Crippen LogP contribution in [0.2, 0.25) is 0 Å². The van der Waals surface area contributed by atoms with Crippen molar-refractivity contribution >= 4 is 33.0 Å². The number of methoxy groups -OCH3 is 4. The molecule has 40 heavy (non-hydrogen) atoms. The van der Waals surface area contributed by atoms with E-state index in [0.29, 0.717) is 32.8 Å². The number of hydrogen-bond donors (Lipinski definition) is 1. The molecule has 0 aliphatic carbocycles. The molecule has 1 amide bonds. The molecule has 14 heteroatoms. The lowest BCUT2D eigenvalue weighted by molar-refractivity contribution is -0.387. The second kappa shape index (κ2) is 12.8. The summed E-state index contributed by atoms with van der Waals surface area (Å²) in [6, 6.07) is 14.2. The molecule has 0 fully saturated rings. The van der Waals surface area contributed by atoms with Crippen molar-refractivity contribution in [2.24, 2.45) is 5.10 Å². The fourth-order valence-electron chi connectivity index (χ4n) is 3.67. The molecular formula is C26H28N4O9S. The number of amides is 1. The highest BCUT2D eigenvalue weighted by molar-refractivity contribution is 7.93. The van der Waals surface area contributed by atoms with Crippen LogP contribution in [0.15, 0.2) is 70.7 Å². The highest BCUT2D eigenvalue weighted by atomic mass is 32.2. The van der Waals surface area contributed by atoms with Crippen molar-refractivity contribution in [2.75, 3.05) is 39.3 Å². The van der Waals surface area contributed by atoms with Gasteiger partial charge in [-0.1, -0.05) is 12.1 Å². The van der Waals surface area contributed by atoms with Gasteiger partial charge in [0.15, 0.2) is 16.4 Å². The molecule has 0 heterocycles. The Balaban J connectivity index is 2.01. The third kappa shape index (κ3) is 6.40. The highest BCUT2D eigenvalue weighted by Gasteiger charge is 2.34. The average Bonchev–Trinajstić information content (AvgIpc) is 2.97. The summed E-state index contributed by atoms with van der Waals surface area (Å²) in [5.41, 5.74) is 2.65. The van der Waals surface area contributed by atoms with Crippen LogP contribution < -0.4 is 28.7 Å². The quantitative estimate of drug-likeness (QED) is 0.195. The number of nitrogens with zero attached hydrogens (tertiary/aromatic N) is 3. The number of anilines is 1. The van der Waals surface area contributed by atoms with Gasteiger partial charge in [0.1, 0.15) is 18.0 Å². The largest absolute Gasteiger partial charge is 0.497 e. The predicted octanol–water partition coefficient (Wildman–Crippen LogP) is 3.36. The zero-order valence-corrected chi connectivity index (χ0v) is 23.2. The average molecular weight is 573 g/mol. The van der Waals surface area contributed by atoms with Crippen LogP contribution in [-0.4, -0.2) is 59.9 Å². The zero-order chi connectivity index (χ0) is 29.4. The molecule has 212 valence electrons. The summed E-state index contributed by atoms with van der Waals surface area (Å²) in [7, 11) is 1.06. The molecule has 3 aromatic carbocycles. The minimum absolute atomic E-state index is 0.0443. The smallest absolute Gasteiger partial charge is 0.289 e. The summed E-state index contributed by atoms with van der Waals surface area (Å²) in [4.78, 5) is 23.2. The number of nitrogens with one attached hydrogen (secondary N) is 1. The fraction of sp³-hybridized carbons (Fsp3) is 0.231. The molecule has 0 spiro atoms. The number of carbonyl (C=O) groups excluding carboxylic acids is 1. The summed E-state index contributed by atoms with van der Waals surface area (Å²) in [5.74, 6) is 0.559. The van der Waals surface area contributed by atoms with Crippen molar-refractivity contribution in [3.63, 3.8) is 0 Å². The molecule has 0 bridgehead atoms. The highest BCUT2D eigenvalue weighted by Crippen LogP contribution is 2.37. The summed E-state index contributed by atoms with van der Waals surface area (Å²) in [5, 5.41) is 15.7. The van der Waals surface area contributed by atoms with E-state index in [-0.39, 0.29) is 11.4 Å². The SMILES string of the molecule is COc1ccc(N(CC(=O)N/N=C(/C)c2ccc(OC)c(OC)c2)S(=O)(=O)c2ccccc2[N+](=O)[O-])c(OC)c1. The van der Waals surface area contributed by atoms with Gasteiger partial charge in [-0.05, 0) is 43.3 Å². The van der Waals surface area contributed by atoms with Gasteiger partial charge in [0, 0.05) is 17.7 Å². The Labute approximate surface area is 231 Å². The van der Waals surface area contributed by atoms with Gasteiger partial charge < -0.3 is 18.9 Å². The van der Waals surface area contributed by atoms with E-state index >= 15 is 0 Å². The number of rotatable bonds is 12. The minimum atomic E-state index is -4.65. The van der Waals surface area contributed by atoms with Crippen LogP contribution in [0.4, 0.5) is 11.4 Å². The molecule has 0 aliphatic heterocycles. The van der Waals surface area contributed by atoms with Crippen LogP contribution in [0.5, 0.6) is 23.0 Å². The number of hydrazone groups is 1. The molecular weight excluding hydrogens is 544 g/mol. The number of para-hydroxylation sites is 1. The van der Waals surface area contributed by atoms with Gasteiger partial charge >= 0.3 is 0 Å². The third-order valence-electron chi connectivity index (χ3n) is 5.72. The van der Waals surface area contributed by atoms with Gasteiger partial charge in [-0.15, -0.1) is 0 Å². The number of carbonyl (C=O) groups is 1. The van der Waals surface area contributed by atoms with Gasteiger partial charge in [0.2, 0.25) is 0 Å². The van der Waals surface area contributed by atoms with Gasteiger partial charge in [-0.25, -0.2) is 13.8 Å². The molecule has 0 radical (unpaired) electrons. The van der Waals surface area contributed by atoms with Crippen molar-refractivity contribution < 1.29 is 37.1 Å². The summed E-state index contributed by atoms with van der Waals surface area (Å²) < 4.78 is 49.4. The van der Waals surface area contributed by atoms with Gasteiger partial charge in [0.25, 0.3) is 21.6 Å². The molecule has 0 saturated carbocycles. The second-order valence-electron chi connectivity index (χ2n) is 8.08. The molecule has 0 aromatic heterocycles. The van der Waals surface area contributed by atoms with Gasteiger partial charge in [-0.3, -0.25) is 19.2 Å². The van der Waals surface area contributed by atoms with Crippen LogP contribution in [0.3, 0.4) is 0 Å². The Kier molecular flexibility index (Phi) is 9.50. The van der Waals surface area contributed by atoms with E-state index in [9.17, 15) is 23.3 Å². The zero-order valence-electron chi connectivity index (χ0n) is 22.4. The number of benzene rings is 3. The van der Waals surface area contributed by atoms with Crippen molar-refractivity contribution in [1.82, 2.24) is 5.43 Å². The van der Waals surface area contributed by atoms with Crippen LogP contribution in [0.25, 0.3) is 0 Å². The third-order valence-corrected chi connectivity index (χ3v) is 7.53. The predicted molar refractivity (Wildman–Crippen MR) is 147 cm³/mol. The number of nitro groups is 1. The Morgan fingerprint density at radius 1 is 0.925 bits per heavy atom. The van der Waals surface area contributed by atoms with Crippen LogP contribution >= 0.6 is 0 Å². The Bertz CT molecular complexity index is 1540. The lowest BCUT2D eigenvalue weighted by atomic mass is 10.1. The monoisotopic (exact) mass is 572 g/mol. The first kappa shape index (κ1) is 29.7. The second-order valence-corrected chi connectivity index (χ2v) is 9.91. The van der Waals surface area contributed by atoms with E-state index < -0.39 is 38.0 Å². The Morgan fingerprint density at radius 2 is 1.60 bits per heavy atom. The number of ether oxygens (including phenoxy) is 4. The summed E-state index contributed by atoms with van der Waals surface area (Å²) in [6.45, 7) is 0.857. The summed E-state index contributed by atoms with van der Waals surface area (Å²) >= 11 is 0. The Hall–Kier alpha value is -4.85. The number of nitro benzene ring substituents is 1. The summed E-state index contributed by atoms with van der Waals surface area (Å²) in [6.07, 6.45) is 0. The fourth-order valence-corrected chi connectivity index (χ4v) is 5.27. The standard InChI is InChI=1S/C26H28N4O9S/c1-17(18-10-13-22(37-3)24(14-18)39-5)27-28-26(31)16-29(20-12-11-19(36-2)15-23(20)38-4)40(34,35)25-9-7-6-8-21(25)30(32)33/h6-15H,16H2,1-5H3,(H,28,31)/b27-17-. The molecule has 1 N–H and O–H groups in total. The van der Waals surface area contributed by atoms with Crippen LogP contribution in [-0.2, 0) is 14.8 Å². The van der Waals surface area contributed by atoms with E-state index in [4.69, 9.17) is 18.9 Å². The van der Waals surface area contributed by atoms with E-state index in [0.717, 1.165) is 12.1 Å². The maximum absolute atomic E-state index is 13.8. The minimum Gasteiger partial charge on any atom is -0.497 e. The lowest BCUT2D eigenvalue weighted by Crippen LogP contribution is -2.40. The van der Waals surface area contributed by atoms with Crippen LogP contribution in [0, 0.1) is 10.1 Å². The van der Waals surface area contributed by atoms with Crippen LogP contribution in [0.1, 0.15) is 12.5 Å². The molecule has 3 rings (SSSR count). The van der Waals surface area contributed by atoms with E-state index in [2.05, 4.69) is 10.5 Å². The van der Waals surface area contributed by atoms with Crippen molar-refractivity contribution in [3.05, 3.63) is 76.3 Å². The molecule has 0 unspecified atom stereocenters. The molecule has 0 aliphatic rings. The first-order valence-corrected chi connectivity index (χ1v) is 13.0. The van der Waals surface area contributed by atoms with Gasteiger partial charge in [-0.2, -0.15) is 5.10 Å². The molecule has 0 saturated heterocycles. The Morgan fingerprint density at radius 3 is 2.23 bits per heavy atom. The van der Waals surface area contributed by atoms with E-state index in [1.165, 1.54) is 58.8 Å². The van der Waals surface area contributed by atoms with Gasteiger partial charge in [0.05, 0.1) is 44.8 Å². The van der Waals surface area contributed by atoms with Crippen molar-refractivity contribution in [1.29, 1.82) is 0 Å². The first-order valence-electron chi connectivity index (χ1n) is 11.6. The normalized spacial score (nSPS) is 11.4. The first-order chi connectivity index (χ1) is 19.1. The van der Waals surface area contributed by atoms with Crippen molar-refractivity contribution in [2.45, 2.75) is 11.8 Å². The molecule has 13 nitrogen and oxygen atoms in total. The van der Waals surface area contributed by atoms with E-state index in [1.807, 2.05) is 0 Å². The van der Waals surface area contributed by atoms with E-state index in [1.54, 1.807) is 25.1 Å². The topological polar surface area (TPSA) is 159 Å². The lowest BCUT2D eigenvalue weighted by Gasteiger charge is -2.25. The maximum Gasteiger partial charge on any atom is 0.289 e. The maximum atomic E-state index is 13.8. The van der Waals surface area contributed by atoms with Crippen molar-refractivity contribution in [3.8, 4) is 23.0 Å². The molecule has 0 atom stereocenters. The number of sulfonamides is 1.